The number of aromatic amines is 2. The number of carboxylic acids is 10. The van der Waals surface area contributed by atoms with Gasteiger partial charge in [0.2, 0.25) is 11.8 Å². The number of carbonyl (C=O) groups excluding carboxylic acids is 2. The number of H-pyrrole nitrogens is 2. The molecule has 0 aliphatic carbocycles. The first kappa shape index (κ1) is 76.7. The number of rotatable bonds is 42. The maximum atomic E-state index is 14.2. The van der Waals surface area contributed by atoms with Crippen LogP contribution in [0.5, 0.6) is 0 Å². The Balaban J connectivity index is 1.64. The number of carboxylic acid groups (broad SMARTS) is 10. The Kier molecular flexibility index (Phi) is 28.4. The Morgan fingerprint density at radius 2 is 0.615 bits per heavy atom. The minimum atomic E-state index is -1.33. The van der Waals surface area contributed by atoms with Gasteiger partial charge in [-0.05, 0) is 112 Å². The molecule has 2 unspecified atom stereocenters. The van der Waals surface area contributed by atoms with Crippen LogP contribution in [-0.4, -0.2) is 290 Å². The van der Waals surface area contributed by atoms with Gasteiger partial charge in [0, 0.05) is 98.4 Å². The average molecular weight is 1350 g/mol. The van der Waals surface area contributed by atoms with Crippen molar-refractivity contribution < 1.29 is 109 Å². The number of hydrogen-bond donors (Lipinski definition) is 14. The highest BCUT2D eigenvalue weighted by Crippen LogP contribution is 2.39. The summed E-state index contributed by atoms with van der Waals surface area (Å²) in [5.74, 6) is -14.0. The molecular weight excluding hydrogens is 1260 g/mol. The van der Waals surface area contributed by atoms with Gasteiger partial charge in [-0.2, -0.15) is 0 Å². The highest BCUT2D eigenvalue weighted by Gasteiger charge is 2.28. The molecule has 5 rings (SSSR count). The first-order valence-electron chi connectivity index (χ1n) is 30.3. The Labute approximate surface area is 549 Å². The van der Waals surface area contributed by atoms with E-state index in [2.05, 4.69) is 20.6 Å². The van der Waals surface area contributed by atoms with Gasteiger partial charge in [-0.25, -0.2) is 9.97 Å². The van der Waals surface area contributed by atoms with Crippen LogP contribution in [0, 0.1) is 13.8 Å². The molecule has 522 valence electrons. The van der Waals surface area contributed by atoms with Crippen LogP contribution in [0.3, 0.4) is 0 Å². The molecule has 0 radical (unpaired) electrons. The van der Waals surface area contributed by atoms with Gasteiger partial charge < -0.3 is 71.7 Å². The molecule has 0 saturated heterocycles. The third-order valence-corrected chi connectivity index (χ3v) is 16.0. The first-order valence-corrected chi connectivity index (χ1v) is 30.3. The number of aryl methyl sites for hydroxylation is 2. The predicted molar refractivity (Wildman–Crippen MR) is 342 cm³/mol. The predicted octanol–water partition coefficient (Wildman–Crippen LogP) is 1.37. The fraction of sp³-hybridized carbons (Fsp3) is 0.484. The van der Waals surface area contributed by atoms with Gasteiger partial charge in [0.05, 0.1) is 100 Å². The van der Waals surface area contributed by atoms with E-state index in [0.29, 0.717) is 89.4 Å². The third-order valence-electron chi connectivity index (χ3n) is 16.0. The third kappa shape index (κ3) is 23.8. The summed E-state index contributed by atoms with van der Waals surface area (Å²) in [6.07, 6.45) is -0.480. The highest BCUT2D eigenvalue weighted by atomic mass is 16.4. The Bertz CT molecular complexity index is 3690. The van der Waals surface area contributed by atoms with Crippen molar-refractivity contribution in [3.8, 4) is 0 Å². The molecule has 2 atom stereocenters. The van der Waals surface area contributed by atoms with Crippen molar-refractivity contribution in [3.63, 3.8) is 0 Å². The van der Waals surface area contributed by atoms with Crippen LogP contribution in [-0.2, 0) is 57.5 Å². The number of aliphatic carboxylic acids is 10. The Hall–Kier alpha value is -10.0. The largest absolute Gasteiger partial charge is 0.481 e. The summed E-state index contributed by atoms with van der Waals surface area (Å²) in [4.78, 5) is 171. The minimum absolute atomic E-state index is 0.0344. The maximum Gasteiger partial charge on any atom is 0.317 e. The molecule has 8 bridgehead atoms. The van der Waals surface area contributed by atoms with E-state index in [1.807, 2.05) is 0 Å². The van der Waals surface area contributed by atoms with E-state index in [9.17, 15) is 109 Å². The van der Waals surface area contributed by atoms with E-state index in [-0.39, 0.29) is 78.0 Å². The van der Waals surface area contributed by atoms with Crippen molar-refractivity contribution in [2.45, 2.75) is 79.3 Å². The van der Waals surface area contributed by atoms with Crippen LogP contribution >= 0.6 is 0 Å². The zero-order valence-corrected chi connectivity index (χ0v) is 54.0. The summed E-state index contributed by atoms with van der Waals surface area (Å²) >= 11 is 0. The number of fused-ring (bicyclic) bond motifs is 8. The SMILES string of the molecule is CC1=C(CCC(=O)O)c2cc3nc(cc4[nH]c(cc5[nH]c(cc1n2)c(C)c5C(C)NC(=O)CN(CCN(CCN(CC(=O)O)CC(=O)O)CC(=O)O)CC(=O)O)c(C)c4C(C)NC(=O)CN(CCN(CCN(CC(=O)O)CC(=O)O)CC(=O)O)CC(=O)O)C(C)=C3CCC(=O)O. The lowest BCUT2D eigenvalue weighted by molar-refractivity contribution is -0.144. The van der Waals surface area contributed by atoms with Crippen molar-refractivity contribution in [2.24, 2.45) is 0 Å². The van der Waals surface area contributed by atoms with Crippen LogP contribution in [0.25, 0.3) is 44.4 Å². The van der Waals surface area contributed by atoms with Crippen LogP contribution in [0.4, 0.5) is 0 Å². The Morgan fingerprint density at radius 3 is 0.917 bits per heavy atom. The lowest BCUT2D eigenvalue weighted by Crippen LogP contribution is -2.46. The van der Waals surface area contributed by atoms with Crippen molar-refractivity contribution in [1.82, 2.24) is 60.0 Å². The van der Waals surface area contributed by atoms with Crippen LogP contribution in [0.15, 0.2) is 24.3 Å². The van der Waals surface area contributed by atoms with Gasteiger partial charge in [0.15, 0.2) is 0 Å². The number of nitrogens with zero attached hydrogens (tertiary/aromatic N) is 8. The summed E-state index contributed by atoms with van der Waals surface area (Å²) in [6.45, 7) is 2.96. The molecule has 34 heteroatoms. The first-order chi connectivity index (χ1) is 45.1. The summed E-state index contributed by atoms with van der Waals surface area (Å²) in [5.41, 5.74) is 7.77. The number of amides is 2. The van der Waals surface area contributed by atoms with E-state index >= 15 is 0 Å². The quantitative estimate of drug-likeness (QED) is 0.0381. The standard InChI is InChI=1S/C62H82N12O22/c1-33-39(7-9-51(77)78)45-22-46-40(8-10-52(79)80)34(2)42(66-46)20-47-62(38(6)64-50(76)24-72(28-56(87)88)16-12-70(26-54(83)84)14-18-74(31-59(93)94)32-60(95)96)36(4)44(68-47)21-48-61(35(3)43(67-48)19-41(33)65-45)37(5)63-49(75)23-71(27-55(85)86)15-11-69(25-53(81)82)13-17-73(29-57(89)90)30-58(91)92/h19-22,37-38,67-68H,7-18,23-32H2,1-6H3,(H,63,75)(H,64,76)(H,77,78)(H,79,80)(H,81,82)(H,83,84)(H,85,86)(H,87,88)(H,89,90)(H,91,92)(H,93,94)(H,95,96). The van der Waals surface area contributed by atoms with Gasteiger partial charge in [-0.15, -0.1) is 0 Å². The van der Waals surface area contributed by atoms with E-state index < -0.39 is 149 Å². The molecule has 3 aromatic heterocycles. The molecule has 96 heavy (non-hydrogen) atoms. The second-order valence-electron chi connectivity index (χ2n) is 23.4. The second-order valence-corrected chi connectivity index (χ2v) is 23.4. The molecule has 2 amide bonds. The van der Waals surface area contributed by atoms with Crippen LogP contribution < -0.4 is 10.6 Å². The molecule has 0 spiro atoms. The molecule has 0 aromatic carbocycles. The topological polar surface area (TPSA) is 508 Å². The summed E-state index contributed by atoms with van der Waals surface area (Å²) < 4.78 is 0. The van der Waals surface area contributed by atoms with E-state index in [1.165, 1.54) is 19.6 Å². The van der Waals surface area contributed by atoms with Crippen molar-refractivity contribution >= 4 is 116 Å². The average Bonchev–Trinajstić information content (AvgIpc) is 1.62. The van der Waals surface area contributed by atoms with Gasteiger partial charge in [-0.1, -0.05) is 0 Å². The van der Waals surface area contributed by atoms with E-state index in [4.69, 9.17) is 9.97 Å². The van der Waals surface area contributed by atoms with Gasteiger partial charge in [0.25, 0.3) is 0 Å². The van der Waals surface area contributed by atoms with Crippen molar-refractivity contribution in [2.75, 3.05) is 118 Å². The number of hydrogen-bond acceptors (Lipinski definition) is 20. The van der Waals surface area contributed by atoms with Crippen molar-refractivity contribution in [1.29, 1.82) is 0 Å². The zero-order valence-electron chi connectivity index (χ0n) is 54.0. The van der Waals surface area contributed by atoms with Gasteiger partial charge >= 0.3 is 59.7 Å². The highest BCUT2D eigenvalue weighted by molar-refractivity contribution is 5.97. The fourth-order valence-corrected chi connectivity index (χ4v) is 11.5. The number of aromatic nitrogens is 4. The normalized spacial score (nSPS) is 13.0. The summed E-state index contributed by atoms with van der Waals surface area (Å²) in [5, 5.41) is 102. The van der Waals surface area contributed by atoms with Crippen LogP contribution in [0.2, 0.25) is 0 Å². The molecule has 5 heterocycles. The van der Waals surface area contributed by atoms with Gasteiger partial charge in [-0.3, -0.25) is 86.9 Å². The smallest absolute Gasteiger partial charge is 0.317 e. The van der Waals surface area contributed by atoms with Crippen molar-refractivity contribution in [3.05, 3.63) is 69.3 Å². The van der Waals surface area contributed by atoms with Gasteiger partial charge in [0.1, 0.15) is 0 Å². The number of nitrogens with one attached hydrogen (secondary N) is 4. The summed E-state index contributed by atoms with van der Waals surface area (Å²) in [6, 6.07) is 5.10. The molecular formula is C62H82N12O22. The Morgan fingerprint density at radius 1 is 0.354 bits per heavy atom. The molecule has 14 N–H and O–H groups in total. The minimum Gasteiger partial charge on any atom is -0.481 e. The number of allylic oxidation sites excluding steroid dienone is 4. The molecule has 2 aliphatic heterocycles. The monoisotopic (exact) mass is 1350 g/mol. The maximum absolute atomic E-state index is 14.2. The van der Waals surface area contributed by atoms with E-state index in [0.717, 1.165) is 9.80 Å². The zero-order chi connectivity index (χ0) is 71.4. The fourth-order valence-electron chi connectivity index (χ4n) is 11.5. The lowest BCUT2D eigenvalue weighted by atomic mass is 9.98. The molecule has 34 nitrogen and oxygen atoms in total. The lowest BCUT2D eigenvalue weighted by Gasteiger charge is -2.28. The molecule has 0 fully saturated rings. The molecule has 3 aromatic rings. The summed E-state index contributed by atoms with van der Waals surface area (Å²) in [7, 11) is 0. The van der Waals surface area contributed by atoms with E-state index in [1.54, 1.807) is 65.8 Å². The molecule has 2 aliphatic rings. The second kappa shape index (κ2) is 35.5. The molecule has 0 saturated carbocycles. The number of carbonyl (C=O) groups is 12. The van der Waals surface area contributed by atoms with Crippen LogP contribution in [0.1, 0.15) is 110 Å².